The third-order valence-corrected chi connectivity index (χ3v) is 2.76. The zero-order valence-electron chi connectivity index (χ0n) is 11.3. The van der Waals surface area contributed by atoms with Gasteiger partial charge in [0.25, 0.3) is 5.91 Å². The van der Waals surface area contributed by atoms with Gasteiger partial charge in [-0.05, 0) is 18.9 Å². The summed E-state index contributed by atoms with van der Waals surface area (Å²) in [5.41, 5.74) is 0.941. The van der Waals surface area contributed by atoms with Crippen molar-refractivity contribution in [2.24, 2.45) is 0 Å². The molecule has 0 aromatic rings. The van der Waals surface area contributed by atoms with E-state index in [0.29, 0.717) is 0 Å². The minimum atomic E-state index is -0.708. The number of imide groups is 1. The van der Waals surface area contributed by atoms with Gasteiger partial charge >= 0.3 is 0 Å². The maximum absolute atomic E-state index is 11.8. The molecule has 6 nitrogen and oxygen atoms in total. The molecule has 6 heteroatoms. The summed E-state index contributed by atoms with van der Waals surface area (Å²) in [6, 6.07) is -0.708. The number of hydrogen-bond donors (Lipinski definition) is 3. The second kappa shape index (κ2) is 7.40. The topological polar surface area (TPSA) is 95.5 Å². The molecule has 1 rings (SSSR count). The Morgan fingerprint density at radius 3 is 2.85 bits per heavy atom. The molecule has 3 N–H and O–H groups in total. The smallest absolute Gasteiger partial charge is 0.251 e. The zero-order chi connectivity index (χ0) is 15.1. The summed E-state index contributed by atoms with van der Waals surface area (Å²) in [6.45, 7) is 5.28. The SMILES string of the molecule is C=C(/C=C\C=C(/C)CO)C(=O)NC1CCC(=O)NC1=O. The molecule has 1 aliphatic rings. The molecule has 0 aromatic carbocycles. The largest absolute Gasteiger partial charge is 0.392 e. The van der Waals surface area contributed by atoms with Gasteiger partial charge in [-0.3, -0.25) is 19.7 Å². The molecule has 0 spiro atoms. The van der Waals surface area contributed by atoms with Gasteiger partial charge in [0.05, 0.1) is 6.61 Å². The molecule has 20 heavy (non-hydrogen) atoms. The highest BCUT2D eigenvalue weighted by Crippen LogP contribution is 2.05. The van der Waals surface area contributed by atoms with Gasteiger partial charge in [-0.25, -0.2) is 0 Å². The van der Waals surface area contributed by atoms with Crippen LogP contribution in [-0.2, 0) is 14.4 Å². The number of piperidine rings is 1. The molecule has 3 amide bonds. The predicted molar refractivity (Wildman–Crippen MR) is 73.4 cm³/mol. The van der Waals surface area contributed by atoms with Crippen molar-refractivity contribution in [3.63, 3.8) is 0 Å². The van der Waals surface area contributed by atoms with Crippen molar-refractivity contribution in [1.82, 2.24) is 10.6 Å². The Kier molecular flexibility index (Phi) is 5.86. The number of aliphatic hydroxyl groups excluding tert-OH is 1. The van der Waals surface area contributed by atoms with E-state index in [-0.39, 0.29) is 30.9 Å². The van der Waals surface area contributed by atoms with Crippen LogP contribution in [0.25, 0.3) is 0 Å². The van der Waals surface area contributed by atoms with Gasteiger partial charge in [-0.2, -0.15) is 0 Å². The molecule has 1 heterocycles. The molecule has 0 radical (unpaired) electrons. The van der Waals surface area contributed by atoms with Gasteiger partial charge in [0.15, 0.2) is 0 Å². The fraction of sp³-hybridized carbons (Fsp3) is 0.357. The lowest BCUT2D eigenvalue weighted by molar-refractivity contribution is -0.136. The first kappa shape index (κ1) is 15.8. The van der Waals surface area contributed by atoms with E-state index in [0.717, 1.165) is 5.57 Å². The third-order valence-electron chi connectivity index (χ3n) is 2.76. The number of carbonyl (C=O) groups excluding carboxylic acids is 3. The van der Waals surface area contributed by atoms with Crippen molar-refractivity contribution < 1.29 is 19.5 Å². The van der Waals surface area contributed by atoms with Crippen LogP contribution in [0, 0.1) is 0 Å². The van der Waals surface area contributed by atoms with E-state index in [9.17, 15) is 14.4 Å². The standard InChI is InChI=1S/C14H18N2O4/c1-9(8-17)4-3-5-10(2)13(19)15-11-6-7-12(18)16-14(11)20/h3-5,11,17H,2,6-8H2,1H3,(H,15,19)(H,16,18,20)/b5-3-,9-4+. The molecule has 1 saturated heterocycles. The summed E-state index contributed by atoms with van der Waals surface area (Å²) in [7, 11) is 0. The Bertz CT molecular complexity index is 491. The average Bonchev–Trinajstić information content (AvgIpc) is 2.41. The molecule has 0 aromatic heterocycles. The van der Waals surface area contributed by atoms with E-state index in [2.05, 4.69) is 17.2 Å². The maximum atomic E-state index is 11.8. The molecule has 0 bridgehead atoms. The number of amides is 3. The van der Waals surface area contributed by atoms with E-state index in [1.54, 1.807) is 19.1 Å². The summed E-state index contributed by atoms with van der Waals surface area (Å²) in [4.78, 5) is 34.2. The van der Waals surface area contributed by atoms with Crippen LogP contribution < -0.4 is 10.6 Å². The monoisotopic (exact) mass is 278 g/mol. The highest BCUT2D eigenvalue weighted by atomic mass is 16.3. The number of carbonyl (C=O) groups is 3. The van der Waals surface area contributed by atoms with Crippen molar-refractivity contribution in [1.29, 1.82) is 0 Å². The fourth-order valence-corrected chi connectivity index (χ4v) is 1.54. The first-order chi connectivity index (χ1) is 9.43. The fourth-order valence-electron chi connectivity index (χ4n) is 1.54. The molecule has 1 atom stereocenters. The lowest BCUT2D eigenvalue weighted by Crippen LogP contribution is -2.52. The van der Waals surface area contributed by atoms with Crippen LogP contribution in [0.4, 0.5) is 0 Å². The van der Waals surface area contributed by atoms with Crippen LogP contribution in [0.3, 0.4) is 0 Å². The Hall–Kier alpha value is -2.21. The molecular formula is C14H18N2O4. The van der Waals surface area contributed by atoms with Gasteiger partial charge in [0.2, 0.25) is 11.8 Å². The van der Waals surface area contributed by atoms with E-state index in [4.69, 9.17) is 5.11 Å². The van der Waals surface area contributed by atoms with Gasteiger partial charge in [0.1, 0.15) is 6.04 Å². The van der Waals surface area contributed by atoms with Crippen LogP contribution in [0.15, 0.2) is 36.0 Å². The van der Waals surface area contributed by atoms with Gasteiger partial charge in [-0.1, -0.05) is 24.8 Å². The lowest BCUT2D eigenvalue weighted by atomic mass is 10.1. The minimum absolute atomic E-state index is 0.0563. The summed E-state index contributed by atoms with van der Waals surface area (Å²) < 4.78 is 0. The molecule has 0 saturated carbocycles. The van der Waals surface area contributed by atoms with Crippen LogP contribution >= 0.6 is 0 Å². The molecule has 1 unspecified atom stereocenters. The van der Waals surface area contributed by atoms with Gasteiger partial charge in [-0.15, -0.1) is 0 Å². The predicted octanol–water partition coefficient (Wildman–Crippen LogP) is -0.0412. The van der Waals surface area contributed by atoms with E-state index in [1.165, 1.54) is 6.08 Å². The Labute approximate surface area is 117 Å². The van der Waals surface area contributed by atoms with Crippen LogP contribution in [0.1, 0.15) is 19.8 Å². The van der Waals surface area contributed by atoms with Crippen LogP contribution in [0.5, 0.6) is 0 Å². The highest BCUT2D eigenvalue weighted by molar-refractivity contribution is 6.04. The second-order valence-electron chi connectivity index (χ2n) is 4.53. The number of allylic oxidation sites excluding steroid dienone is 2. The highest BCUT2D eigenvalue weighted by Gasteiger charge is 2.27. The number of aliphatic hydroxyl groups is 1. The lowest BCUT2D eigenvalue weighted by Gasteiger charge is -2.21. The number of rotatable bonds is 5. The molecule has 1 fully saturated rings. The Balaban J connectivity index is 2.52. The van der Waals surface area contributed by atoms with Crippen molar-refractivity contribution >= 4 is 17.7 Å². The summed E-state index contributed by atoms with van der Waals surface area (Å²) in [5.74, 6) is -1.29. The second-order valence-corrected chi connectivity index (χ2v) is 4.53. The third kappa shape index (κ3) is 4.81. The van der Waals surface area contributed by atoms with Crippen molar-refractivity contribution in [2.75, 3.05) is 6.61 Å². The Morgan fingerprint density at radius 1 is 1.55 bits per heavy atom. The van der Waals surface area contributed by atoms with Crippen LogP contribution in [-0.4, -0.2) is 35.5 Å². The number of hydrogen-bond acceptors (Lipinski definition) is 4. The molecular weight excluding hydrogens is 260 g/mol. The quantitative estimate of drug-likeness (QED) is 0.373. The first-order valence-electron chi connectivity index (χ1n) is 6.22. The maximum Gasteiger partial charge on any atom is 0.251 e. The normalized spacial score (nSPS) is 19.9. The Morgan fingerprint density at radius 2 is 2.25 bits per heavy atom. The van der Waals surface area contributed by atoms with E-state index in [1.807, 2.05) is 0 Å². The zero-order valence-corrected chi connectivity index (χ0v) is 11.3. The summed E-state index contributed by atoms with van der Waals surface area (Å²) >= 11 is 0. The number of nitrogens with one attached hydrogen (secondary N) is 2. The van der Waals surface area contributed by atoms with Gasteiger partial charge in [0, 0.05) is 12.0 Å². The van der Waals surface area contributed by atoms with E-state index < -0.39 is 17.9 Å². The van der Waals surface area contributed by atoms with E-state index >= 15 is 0 Å². The van der Waals surface area contributed by atoms with Crippen molar-refractivity contribution in [2.45, 2.75) is 25.8 Å². The van der Waals surface area contributed by atoms with Crippen molar-refractivity contribution in [3.8, 4) is 0 Å². The molecule has 108 valence electrons. The average molecular weight is 278 g/mol. The minimum Gasteiger partial charge on any atom is -0.392 e. The van der Waals surface area contributed by atoms with Crippen LogP contribution in [0.2, 0.25) is 0 Å². The summed E-state index contributed by atoms with van der Waals surface area (Å²) in [6.07, 6.45) is 5.23. The summed E-state index contributed by atoms with van der Waals surface area (Å²) in [5, 5.41) is 13.5. The molecule has 1 aliphatic heterocycles. The first-order valence-corrected chi connectivity index (χ1v) is 6.22. The molecule has 0 aliphatic carbocycles. The van der Waals surface area contributed by atoms with Crippen molar-refractivity contribution in [3.05, 3.63) is 36.0 Å². The van der Waals surface area contributed by atoms with Gasteiger partial charge < -0.3 is 10.4 Å².